The van der Waals surface area contributed by atoms with E-state index in [4.69, 9.17) is 9.47 Å². The van der Waals surface area contributed by atoms with Crippen LogP contribution in [-0.2, 0) is 9.47 Å². The molecule has 2 N–H and O–H groups in total. The van der Waals surface area contributed by atoms with Gasteiger partial charge in [-0.25, -0.2) is 0 Å². The highest BCUT2D eigenvalue weighted by Crippen LogP contribution is 2.27. The lowest BCUT2D eigenvalue weighted by molar-refractivity contribution is 0.0178. The van der Waals surface area contributed by atoms with Gasteiger partial charge in [-0.1, -0.05) is 12.1 Å². The minimum Gasteiger partial charge on any atom is -0.388 e. The van der Waals surface area contributed by atoms with Crippen molar-refractivity contribution in [1.29, 1.82) is 0 Å². The van der Waals surface area contributed by atoms with Crippen LogP contribution in [0.5, 0.6) is 0 Å². The highest BCUT2D eigenvalue weighted by molar-refractivity contribution is 5.98. The summed E-state index contributed by atoms with van der Waals surface area (Å²) in [6.45, 7) is 0.561. The van der Waals surface area contributed by atoms with Crippen LogP contribution in [0, 0.1) is 0 Å². The molecule has 0 spiro atoms. The Balaban J connectivity index is 1.54. The number of aliphatic hydroxyl groups is 1. The third kappa shape index (κ3) is 2.50. The van der Waals surface area contributed by atoms with Gasteiger partial charge in [0.05, 0.1) is 30.5 Å². The quantitative estimate of drug-likeness (QED) is 0.794. The van der Waals surface area contributed by atoms with Crippen molar-refractivity contribution in [2.75, 3.05) is 13.2 Å². The molecule has 2 aromatic rings. The van der Waals surface area contributed by atoms with Crippen LogP contribution in [0.25, 0.3) is 5.69 Å². The van der Waals surface area contributed by atoms with Crippen molar-refractivity contribution in [2.45, 2.75) is 24.4 Å². The van der Waals surface area contributed by atoms with E-state index in [1.54, 1.807) is 16.7 Å². The Kier molecular flexibility index (Phi) is 3.56. The molecule has 0 saturated carbocycles. The number of fused-ring (bicyclic) bond motifs is 1. The van der Waals surface area contributed by atoms with E-state index in [1.165, 1.54) is 12.7 Å². The second-order valence-electron chi connectivity index (χ2n) is 5.63. The monoisotopic (exact) mass is 316 g/mol. The molecule has 8 nitrogen and oxygen atoms in total. The highest BCUT2D eigenvalue weighted by atomic mass is 16.6. The van der Waals surface area contributed by atoms with Gasteiger partial charge in [0, 0.05) is 0 Å². The number of hydrogen-bond acceptors (Lipinski definition) is 6. The van der Waals surface area contributed by atoms with Crippen molar-refractivity contribution in [3.8, 4) is 5.69 Å². The summed E-state index contributed by atoms with van der Waals surface area (Å²) in [6.07, 6.45) is 1.77. The molecule has 2 aliphatic rings. The van der Waals surface area contributed by atoms with Gasteiger partial charge < -0.3 is 19.9 Å². The van der Waals surface area contributed by atoms with Crippen LogP contribution >= 0.6 is 0 Å². The Morgan fingerprint density at radius 2 is 1.91 bits per heavy atom. The normalized spacial score (nSPS) is 29.4. The van der Waals surface area contributed by atoms with Gasteiger partial charge in [0.15, 0.2) is 0 Å². The summed E-state index contributed by atoms with van der Waals surface area (Å²) in [4.78, 5) is 12.6. The van der Waals surface area contributed by atoms with Crippen LogP contribution in [0.4, 0.5) is 0 Å². The Morgan fingerprint density at radius 3 is 2.74 bits per heavy atom. The predicted octanol–water partition coefficient (Wildman–Crippen LogP) is -0.476. The Morgan fingerprint density at radius 1 is 1.17 bits per heavy atom. The van der Waals surface area contributed by atoms with Gasteiger partial charge in [-0.2, -0.15) is 0 Å². The van der Waals surface area contributed by atoms with Crippen molar-refractivity contribution >= 4 is 5.91 Å². The van der Waals surface area contributed by atoms with E-state index in [2.05, 4.69) is 15.5 Å². The first-order valence-corrected chi connectivity index (χ1v) is 7.40. The molecule has 4 atom stereocenters. The predicted molar refractivity (Wildman–Crippen MR) is 78.1 cm³/mol. The fourth-order valence-electron chi connectivity index (χ4n) is 3.06. The summed E-state index contributed by atoms with van der Waals surface area (Å²) in [5.41, 5.74) is 1.20. The number of aromatic nitrogens is 3. The first kappa shape index (κ1) is 14.3. The molecule has 0 aliphatic carbocycles. The van der Waals surface area contributed by atoms with Gasteiger partial charge in [-0.05, 0) is 12.1 Å². The molecule has 2 aliphatic heterocycles. The number of benzene rings is 1. The molecule has 0 unspecified atom stereocenters. The minimum absolute atomic E-state index is 0.228. The molecule has 1 amide bonds. The average molecular weight is 316 g/mol. The molecular weight excluding hydrogens is 300 g/mol. The zero-order chi connectivity index (χ0) is 15.8. The smallest absolute Gasteiger partial charge is 0.253 e. The largest absolute Gasteiger partial charge is 0.388 e. The maximum atomic E-state index is 12.6. The molecule has 1 aromatic carbocycles. The lowest BCUT2D eigenvalue weighted by atomic mass is 10.1. The van der Waals surface area contributed by atoms with E-state index in [-0.39, 0.29) is 30.8 Å². The molecule has 3 heterocycles. The van der Waals surface area contributed by atoms with Crippen molar-refractivity contribution in [2.24, 2.45) is 0 Å². The zero-order valence-corrected chi connectivity index (χ0v) is 12.2. The fraction of sp³-hybridized carbons (Fsp3) is 0.400. The molecule has 23 heavy (non-hydrogen) atoms. The van der Waals surface area contributed by atoms with Crippen LogP contribution in [-0.4, -0.2) is 63.3 Å². The van der Waals surface area contributed by atoms with Gasteiger partial charge in [-0.15, -0.1) is 10.2 Å². The SMILES string of the molecule is O=C(N[C@H]1CO[C@H]2[C@@H]1OC[C@H]2O)c1ccccc1-n1cnnc1. The Labute approximate surface area is 132 Å². The maximum Gasteiger partial charge on any atom is 0.253 e. The number of para-hydroxylation sites is 1. The van der Waals surface area contributed by atoms with E-state index in [0.717, 1.165) is 0 Å². The molecule has 8 heteroatoms. The molecule has 1 aromatic heterocycles. The Bertz CT molecular complexity index is 705. The van der Waals surface area contributed by atoms with E-state index < -0.39 is 6.10 Å². The lowest BCUT2D eigenvalue weighted by Crippen LogP contribution is -2.44. The number of aliphatic hydroxyl groups excluding tert-OH is 1. The van der Waals surface area contributed by atoms with Gasteiger partial charge in [-0.3, -0.25) is 9.36 Å². The third-order valence-corrected chi connectivity index (χ3v) is 4.19. The fourth-order valence-corrected chi connectivity index (χ4v) is 3.06. The molecule has 0 radical (unpaired) electrons. The number of hydrogen-bond donors (Lipinski definition) is 2. The van der Waals surface area contributed by atoms with Gasteiger partial charge in [0.25, 0.3) is 5.91 Å². The minimum atomic E-state index is -0.633. The standard InChI is InChI=1S/C15H16N4O4/c20-12-6-23-13-10(5-22-14(12)13)18-15(21)9-3-1-2-4-11(9)19-7-16-17-8-19/h1-4,7-8,10,12-14,20H,5-6H2,(H,18,21)/t10-,12+,13+,14+/m0/s1. The summed E-state index contributed by atoms with van der Waals surface area (Å²) in [6, 6.07) is 6.92. The number of carbonyl (C=O) groups is 1. The van der Waals surface area contributed by atoms with Crippen LogP contribution in [0.3, 0.4) is 0 Å². The second-order valence-corrected chi connectivity index (χ2v) is 5.63. The van der Waals surface area contributed by atoms with Crippen molar-refractivity contribution in [3.63, 3.8) is 0 Å². The zero-order valence-electron chi connectivity index (χ0n) is 12.2. The number of nitrogens with zero attached hydrogens (tertiary/aromatic N) is 3. The summed E-state index contributed by atoms with van der Waals surface area (Å²) in [7, 11) is 0. The van der Waals surface area contributed by atoms with Crippen LogP contribution in [0.2, 0.25) is 0 Å². The second kappa shape index (κ2) is 5.73. The van der Waals surface area contributed by atoms with Crippen LogP contribution in [0.1, 0.15) is 10.4 Å². The molecule has 2 saturated heterocycles. The van der Waals surface area contributed by atoms with Crippen LogP contribution in [0.15, 0.2) is 36.9 Å². The summed E-state index contributed by atoms with van der Waals surface area (Å²) in [5, 5.41) is 20.2. The summed E-state index contributed by atoms with van der Waals surface area (Å²) < 4.78 is 12.7. The van der Waals surface area contributed by atoms with E-state index in [0.29, 0.717) is 17.9 Å². The Hall–Kier alpha value is -2.29. The van der Waals surface area contributed by atoms with Crippen molar-refractivity contribution in [3.05, 3.63) is 42.5 Å². The number of rotatable bonds is 3. The van der Waals surface area contributed by atoms with Gasteiger partial charge in [0.2, 0.25) is 0 Å². The van der Waals surface area contributed by atoms with E-state index in [9.17, 15) is 9.90 Å². The van der Waals surface area contributed by atoms with E-state index in [1.807, 2.05) is 12.1 Å². The molecular formula is C15H16N4O4. The first-order chi connectivity index (χ1) is 11.2. The topological polar surface area (TPSA) is 98.5 Å². The third-order valence-electron chi connectivity index (χ3n) is 4.19. The van der Waals surface area contributed by atoms with Gasteiger partial charge >= 0.3 is 0 Å². The van der Waals surface area contributed by atoms with Crippen molar-refractivity contribution < 1.29 is 19.4 Å². The maximum absolute atomic E-state index is 12.6. The first-order valence-electron chi connectivity index (χ1n) is 7.40. The average Bonchev–Trinajstić information content (AvgIpc) is 3.28. The van der Waals surface area contributed by atoms with Gasteiger partial charge in [0.1, 0.15) is 31.0 Å². The van der Waals surface area contributed by atoms with Crippen LogP contribution < -0.4 is 5.32 Å². The van der Waals surface area contributed by atoms with E-state index >= 15 is 0 Å². The number of ether oxygens (including phenoxy) is 2. The molecule has 120 valence electrons. The van der Waals surface area contributed by atoms with Crippen molar-refractivity contribution in [1.82, 2.24) is 20.1 Å². The lowest BCUT2D eigenvalue weighted by Gasteiger charge is -2.18. The highest BCUT2D eigenvalue weighted by Gasteiger charge is 2.47. The molecule has 0 bridgehead atoms. The number of amides is 1. The number of nitrogens with one attached hydrogen (secondary N) is 1. The summed E-state index contributed by atoms with van der Waals surface area (Å²) >= 11 is 0. The number of carbonyl (C=O) groups excluding carboxylic acids is 1. The summed E-state index contributed by atoms with van der Waals surface area (Å²) in [5.74, 6) is -0.228. The molecule has 2 fully saturated rings. The molecule has 4 rings (SSSR count).